The molecule has 0 aliphatic heterocycles. The zero-order valence-corrected chi connectivity index (χ0v) is 7.98. The van der Waals surface area contributed by atoms with Gasteiger partial charge in [-0.2, -0.15) is 4.37 Å². The fourth-order valence-corrected chi connectivity index (χ4v) is 1.14. The molecule has 0 amide bonds. The van der Waals surface area contributed by atoms with Crippen LogP contribution < -0.4 is 0 Å². The predicted molar refractivity (Wildman–Crippen MR) is 52.4 cm³/mol. The highest BCUT2D eigenvalue weighted by atomic mass is 32.1. The molecule has 56 valence electrons. The predicted octanol–water partition coefficient (Wildman–Crippen LogP) is 1.81. The van der Waals surface area contributed by atoms with Crippen LogP contribution in [0.1, 0.15) is 30.1 Å². The molecular formula is C7H11B2NS. The topological polar surface area (TPSA) is 12.9 Å². The molecule has 1 aromatic heterocycles. The Labute approximate surface area is 75.2 Å². The smallest absolute Gasteiger partial charge is 0.0658 e. The molecule has 1 heterocycles. The van der Waals surface area contributed by atoms with Crippen molar-refractivity contribution < 1.29 is 0 Å². The molecule has 4 radical (unpaired) electrons. The lowest BCUT2D eigenvalue weighted by molar-refractivity contribution is 1.24. The fourth-order valence-electron chi connectivity index (χ4n) is 0.543. The Hall–Kier alpha value is -0.240. The molecule has 1 aromatic rings. The zero-order valence-electron chi connectivity index (χ0n) is 7.16. The summed E-state index contributed by atoms with van der Waals surface area (Å²) >= 11 is 1.42. The second kappa shape index (κ2) is 5.42. The molecule has 0 bridgehead atoms. The maximum absolute atomic E-state index is 5.35. The minimum Gasteiger partial charge on any atom is -0.199 e. The molecule has 11 heavy (non-hydrogen) atoms. The van der Waals surface area contributed by atoms with Crippen LogP contribution in [0.2, 0.25) is 0 Å². The van der Waals surface area contributed by atoms with Crippen LogP contribution in [-0.2, 0) is 0 Å². The molecule has 4 heteroatoms. The molecule has 0 aromatic carbocycles. The van der Waals surface area contributed by atoms with Crippen molar-refractivity contribution in [3.05, 3.63) is 16.6 Å². The summed E-state index contributed by atoms with van der Waals surface area (Å²) in [6.45, 7) is 5.98. The largest absolute Gasteiger partial charge is 0.199 e. The van der Waals surface area contributed by atoms with Crippen LogP contribution >= 0.6 is 11.5 Å². The Kier molecular flexibility index (Phi) is 5.30. The second-order valence-corrected chi connectivity index (χ2v) is 2.90. The van der Waals surface area contributed by atoms with Crippen LogP contribution in [0, 0.1) is 6.92 Å². The van der Waals surface area contributed by atoms with Crippen LogP contribution in [0.25, 0.3) is 0 Å². The Balaban J connectivity index is 0.000000461. The maximum Gasteiger partial charge on any atom is 0.0658 e. The highest BCUT2D eigenvalue weighted by molar-refractivity contribution is 7.05. The first-order valence-electron chi connectivity index (χ1n) is 3.64. The SMILES string of the molecule is CC.[B]C([B])c1cc(C)sn1. The van der Waals surface area contributed by atoms with E-state index < -0.39 is 5.72 Å². The molecule has 0 fully saturated rings. The van der Waals surface area contributed by atoms with Crippen LogP contribution in [-0.4, -0.2) is 20.1 Å². The van der Waals surface area contributed by atoms with Crippen molar-refractivity contribution in [3.8, 4) is 0 Å². The second-order valence-electron chi connectivity index (χ2n) is 1.89. The number of hydrogen-bond acceptors (Lipinski definition) is 2. The van der Waals surface area contributed by atoms with Gasteiger partial charge in [0.2, 0.25) is 0 Å². The highest BCUT2D eigenvalue weighted by Crippen LogP contribution is 2.12. The minimum absolute atomic E-state index is 0.421. The van der Waals surface area contributed by atoms with E-state index in [9.17, 15) is 0 Å². The Morgan fingerprint density at radius 1 is 1.45 bits per heavy atom. The van der Waals surface area contributed by atoms with Gasteiger partial charge in [-0.05, 0) is 24.5 Å². The van der Waals surface area contributed by atoms with Gasteiger partial charge in [0.15, 0.2) is 0 Å². The lowest BCUT2D eigenvalue weighted by Crippen LogP contribution is -1.95. The Bertz CT molecular complexity index is 198. The molecule has 0 aliphatic rings. The molecule has 0 N–H and O–H groups in total. The van der Waals surface area contributed by atoms with E-state index in [1.54, 1.807) is 0 Å². The van der Waals surface area contributed by atoms with E-state index in [0.717, 1.165) is 10.6 Å². The highest BCUT2D eigenvalue weighted by Gasteiger charge is 2.00. The standard InChI is InChI=1S/C5H5B2NS.C2H6/c1-3-2-4(5(6)7)8-9-3;1-2/h2,5H,1H3;1-2H3. The fraction of sp³-hybridized carbons (Fsp3) is 0.571. The molecule has 1 rings (SSSR count). The van der Waals surface area contributed by atoms with Gasteiger partial charge < -0.3 is 0 Å². The summed E-state index contributed by atoms with van der Waals surface area (Å²) in [7, 11) is 10.7. The molecule has 0 unspecified atom stereocenters. The van der Waals surface area contributed by atoms with Crippen molar-refractivity contribution in [1.29, 1.82) is 0 Å². The Morgan fingerprint density at radius 3 is 2.18 bits per heavy atom. The van der Waals surface area contributed by atoms with Gasteiger partial charge in [-0.1, -0.05) is 19.6 Å². The van der Waals surface area contributed by atoms with Crippen molar-refractivity contribution in [1.82, 2.24) is 4.37 Å². The quantitative estimate of drug-likeness (QED) is 0.575. The van der Waals surface area contributed by atoms with Gasteiger partial charge in [0, 0.05) is 10.6 Å². The van der Waals surface area contributed by atoms with Gasteiger partial charge in [0.1, 0.15) is 0 Å². The summed E-state index contributed by atoms with van der Waals surface area (Å²) in [4.78, 5) is 1.14. The molecule has 0 saturated carbocycles. The number of aryl methyl sites for hydroxylation is 1. The van der Waals surface area contributed by atoms with Crippen LogP contribution in [0.5, 0.6) is 0 Å². The Morgan fingerprint density at radius 2 is 2.00 bits per heavy atom. The van der Waals surface area contributed by atoms with Gasteiger partial charge in [0.05, 0.1) is 15.7 Å². The molecule has 0 saturated heterocycles. The average Bonchev–Trinajstić information content (AvgIpc) is 2.40. The third kappa shape index (κ3) is 3.61. The van der Waals surface area contributed by atoms with E-state index in [-0.39, 0.29) is 0 Å². The van der Waals surface area contributed by atoms with Crippen LogP contribution in [0.4, 0.5) is 0 Å². The summed E-state index contributed by atoms with van der Waals surface area (Å²) < 4.78 is 4.01. The van der Waals surface area contributed by atoms with Gasteiger partial charge in [-0.25, -0.2) is 0 Å². The van der Waals surface area contributed by atoms with Crippen LogP contribution in [0.15, 0.2) is 6.07 Å². The van der Waals surface area contributed by atoms with Crippen molar-refractivity contribution in [2.75, 3.05) is 0 Å². The van der Waals surface area contributed by atoms with Crippen LogP contribution in [0.3, 0.4) is 0 Å². The molecule has 0 aliphatic carbocycles. The molecule has 1 nitrogen and oxygen atoms in total. The molecule has 0 atom stereocenters. The monoisotopic (exact) mass is 163 g/mol. The lowest BCUT2D eigenvalue weighted by atomic mass is 9.69. The van der Waals surface area contributed by atoms with Crippen molar-refractivity contribution >= 4 is 27.2 Å². The van der Waals surface area contributed by atoms with E-state index in [2.05, 4.69) is 4.37 Å². The summed E-state index contributed by atoms with van der Waals surface area (Å²) in [5.41, 5.74) is 0.354. The zero-order chi connectivity index (χ0) is 8.85. The van der Waals surface area contributed by atoms with Crippen molar-refractivity contribution in [3.63, 3.8) is 0 Å². The van der Waals surface area contributed by atoms with Gasteiger partial charge in [-0.15, -0.1) is 0 Å². The number of hydrogen-bond donors (Lipinski definition) is 0. The van der Waals surface area contributed by atoms with Gasteiger partial charge in [0.25, 0.3) is 0 Å². The van der Waals surface area contributed by atoms with E-state index in [4.69, 9.17) is 15.7 Å². The molecule has 0 spiro atoms. The van der Waals surface area contributed by atoms with E-state index in [0.29, 0.717) is 0 Å². The summed E-state index contributed by atoms with van der Waals surface area (Å²) in [6.07, 6.45) is 0. The first-order chi connectivity index (χ1) is 5.20. The third-order valence-electron chi connectivity index (χ3n) is 0.988. The summed E-state index contributed by atoms with van der Waals surface area (Å²) in [5, 5.41) is 0. The van der Waals surface area contributed by atoms with E-state index in [1.807, 2.05) is 26.8 Å². The number of aromatic nitrogens is 1. The van der Waals surface area contributed by atoms with Gasteiger partial charge >= 0.3 is 0 Å². The number of rotatable bonds is 1. The summed E-state index contributed by atoms with van der Waals surface area (Å²) in [5.74, 6) is 0. The van der Waals surface area contributed by atoms with Crippen molar-refractivity contribution in [2.24, 2.45) is 0 Å². The maximum atomic E-state index is 5.35. The molecular weight excluding hydrogens is 152 g/mol. The first kappa shape index (κ1) is 10.8. The first-order valence-corrected chi connectivity index (χ1v) is 4.42. The van der Waals surface area contributed by atoms with E-state index in [1.165, 1.54) is 11.5 Å². The summed E-state index contributed by atoms with van der Waals surface area (Å²) in [6, 6.07) is 1.90. The van der Waals surface area contributed by atoms with Gasteiger partial charge in [-0.3, -0.25) is 0 Å². The normalized spacial score (nSPS) is 9.09. The third-order valence-corrected chi connectivity index (χ3v) is 1.70. The average molecular weight is 163 g/mol. The van der Waals surface area contributed by atoms with E-state index >= 15 is 0 Å². The number of nitrogens with zero attached hydrogens (tertiary/aromatic N) is 1. The minimum atomic E-state index is -0.421. The lowest BCUT2D eigenvalue weighted by Gasteiger charge is -1.95. The van der Waals surface area contributed by atoms with Crippen molar-refractivity contribution in [2.45, 2.75) is 26.5 Å².